The smallest absolute Gasteiger partial charge is 0.131 e. The van der Waals surface area contributed by atoms with Crippen molar-refractivity contribution in [3.8, 4) is 11.5 Å². The molecule has 2 N–H and O–H groups in total. The van der Waals surface area contributed by atoms with Crippen LogP contribution in [-0.2, 0) is 12.8 Å². The lowest BCUT2D eigenvalue weighted by Gasteiger charge is -2.25. The van der Waals surface area contributed by atoms with Gasteiger partial charge in [-0.15, -0.1) is 0 Å². The molecule has 2 unspecified atom stereocenters. The summed E-state index contributed by atoms with van der Waals surface area (Å²) in [6.45, 7) is 0.250. The van der Waals surface area contributed by atoms with Gasteiger partial charge in [0.1, 0.15) is 36.9 Å². The van der Waals surface area contributed by atoms with Gasteiger partial charge < -0.3 is 19.7 Å². The summed E-state index contributed by atoms with van der Waals surface area (Å²) < 4.78 is 12.6. The van der Waals surface area contributed by atoms with Gasteiger partial charge in [-0.3, -0.25) is 0 Å². The summed E-state index contributed by atoms with van der Waals surface area (Å²) >= 11 is 6.46. The van der Waals surface area contributed by atoms with Crippen LogP contribution in [0.1, 0.15) is 34.5 Å². The minimum Gasteiger partial charge on any atom is -0.490 e. The van der Waals surface area contributed by atoms with Crippen LogP contribution in [0.2, 0.25) is 0 Å². The molecule has 5 heteroatoms. The molecule has 0 heterocycles. The van der Waals surface area contributed by atoms with Gasteiger partial charge in [-0.05, 0) is 17.5 Å². The fourth-order valence-electron chi connectivity index (χ4n) is 4.53. The Bertz CT molecular complexity index is 1340. The molecule has 0 saturated heterocycles. The maximum atomic E-state index is 10.7. The largest absolute Gasteiger partial charge is 0.490 e. The van der Waals surface area contributed by atoms with Gasteiger partial charge in [0, 0.05) is 33.4 Å². The van der Waals surface area contributed by atoms with Crippen molar-refractivity contribution in [2.24, 2.45) is 0 Å². The molecule has 0 radical (unpaired) electrons. The molecule has 1 aliphatic rings. The highest BCUT2D eigenvalue weighted by Gasteiger charge is 2.25. The third-order valence-corrected chi connectivity index (χ3v) is 6.63. The Morgan fingerprint density at radius 1 is 0.657 bits per heavy atom. The molecule has 4 aromatic rings. The summed E-state index contributed by atoms with van der Waals surface area (Å²) in [6.07, 6.45) is 1.62. The van der Waals surface area contributed by atoms with Gasteiger partial charge in [-0.1, -0.05) is 103 Å². The number of ether oxygens (including phenoxy) is 2. The molecular weight excluding hydrogens is 460 g/mol. The van der Waals surface area contributed by atoms with Crippen LogP contribution in [0.4, 0.5) is 0 Å². The van der Waals surface area contributed by atoms with Crippen LogP contribution < -0.4 is 9.47 Å². The number of aliphatic hydroxyl groups excluding tert-OH is 2. The van der Waals surface area contributed by atoms with Gasteiger partial charge in [0.15, 0.2) is 0 Å². The van der Waals surface area contributed by atoms with E-state index in [1.165, 1.54) is 0 Å². The Balaban J connectivity index is 1.50. The molecule has 0 fully saturated rings. The van der Waals surface area contributed by atoms with E-state index in [0.29, 0.717) is 18.6 Å². The van der Waals surface area contributed by atoms with Crippen LogP contribution in [0, 0.1) is 0 Å². The van der Waals surface area contributed by atoms with E-state index in [1.807, 2.05) is 91.0 Å². The third-order valence-electron chi connectivity index (χ3n) is 6.34. The molecule has 178 valence electrons. The average molecular weight is 487 g/mol. The number of benzene rings is 4. The molecule has 0 amide bonds. The first-order valence-electron chi connectivity index (χ1n) is 11.7. The second-order valence-corrected chi connectivity index (χ2v) is 9.15. The van der Waals surface area contributed by atoms with Crippen LogP contribution >= 0.6 is 11.6 Å². The van der Waals surface area contributed by atoms with E-state index in [0.717, 1.165) is 43.8 Å². The number of aliphatic hydroxyl groups is 2. The number of rotatable bonds is 8. The molecular formula is C30H27ClO4. The molecule has 0 aliphatic heterocycles. The SMILES string of the molecule is OC(COc1c2c(c(OCC(O)c3ccccc3)c3ccccc13)CC(Cl)=CC2)c1ccccc1. The molecule has 4 nitrogen and oxygen atoms in total. The number of hydrogen-bond donors (Lipinski definition) is 2. The van der Waals surface area contributed by atoms with E-state index in [9.17, 15) is 10.2 Å². The Morgan fingerprint density at radius 3 is 1.63 bits per heavy atom. The normalized spacial score (nSPS) is 14.7. The van der Waals surface area contributed by atoms with Crippen LogP contribution in [0.15, 0.2) is 96.0 Å². The molecule has 0 aromatic heterocycles. The molecule has 4 aromatic carbocycles. The molecule has 2 atom stereocenters. The summed E-state index contributed by atoms with van der Waals surface area (Å²) in [5, 5.41) is 23.9. The van der Waals surface area contributed by atoms with E-state index in [4.69, 9.17) is 21.1 Å². The fraction of sp³-hybridized carbons (Fsp3) is 0.200. The minimum absolute atomic E-state index is 0.120. The van der Waals surface area contributed by atoms with E-state index in [2.05, 4.69) is 0 Å². The highest BCUT2D eigenvalue weighted by atomic mass is 35.5. The van der Waals surface area contributed by atoms with Crippen molar-refractivity contribution in [2.75, 3.05) is 13.2 Å². The van der Waals surface area contributed by atoms with Crippen molar-refractivity contribution < 1.29 is 19.7 Å². The second kappa shape index (κ2) is 10.5. The molecule has 5 rings (SSSR count). The van der Waals surface area contributed by atoms with Crippen molar-refractivity contribution in [3.63, 3.8) is 0 Å². The summed E-state index contributed by atoms with van der Waals surface area (Å²) in [5.41, 5.74) is 3.57. The van der Waals surface area contributed by atoms with Crippen LogP contribution in [-0.4, -0.2) is 23.4 Å². The van der Waals surface area contributed by atoms with Crippen molar-refractivity contribution in [3.05, 3.63) is 118 Å². The minimum atomic E-state index is -0.753. The van der Waals surface area contributed by atoms with E-state index >= 15 is 0 Å². The fourth-order valence-corrected chi connectivity index (χ4v) is 4.74. The van der Waals surface area contributed by atoms with Gasteiger partial charge in [0.05, 0.1) is 0 Å². The predicted octanol–water partition coefficient (Wildman–Crippen LogP) is 6.29. The lowest BCUT2D eigenvalue weighted by atomic mass is 9.90. The van der Waals surface area contributed by atoms with E-state index < -0.39 is 12.2 Å². The first-order chi connectivity index (χ1) is 17.1. The number of fused-ring (bicyclic) bond motifs is 2. The van der Waals surface area contributed by atoms with Gasteiger partial charge in [-0.25, -0.2) is 0 Å². The number of allylic oxidation sites excluding steroid dienone is 2. The second-order valence-electron chi connectivity index (χ2n) is 8.67. The van der Waals surface area contributed by atoms with Gasteiger partial charge >= 0.3 is 0 Å². The summed E-state index contributed by atoms with van der Waals surface area (Å²) in [5.74, 6) is 1.45. The Labute approximate surface area is 210 Å². The molecule has 35 heavy (non-hydrogen) atoms. The van der Waals surface area contributed by atoms with Crippen molar-refractivity contribution in [2.45, 2.75) is 25.0 Å². The maximum absolute atomic E-state index is 10.7. The molecule has 0 saturated carbocycles. The third kappa shape index (κ3) is 5.06. The highest BCUT2D eigenvalue weighted by Crippen LogP contribution is 2.45. The first kappa shape index (κ1) is 23.4. The number of hydrogen-bond acceptors (Lipinski definition) is 4. The Kier molecular flexibility index (Phi) is 7.05. The highest BCUT2D eigenvalue weighted by molar-refractivity contribution is 6.30. The summed E-state index contributed by atoms with van der Waals surface area (Å²) in [6, 6.07) is 26.9. The van der Waals surface area contributed by atoms with Crippen LogP contribution in [0.3, 0.4) is 0 Å². The van der Waals surface area contributed by atoms with E-state index in [1.54, 1.807) is 0 Å². The molecule has 1 aliphatic carbocycles. The van der Waals surface area contributed by atoms with Gasteiger partial charge in [0.25, 0.3) is 0 Å². The number of halogens is 1. The van der Waals surface area contributed by atoms with Gasteiger partial charge in [-0.2, -0.15) is 0 Å². The Hall–Kier alpha value is -3.31. The van der Waals surface area contributed by atoms with Crippen LogP contribution in [0.5, 0.6) is 11.5 Å². The monoisotopic (exact) mass is 486 g/mol. The van der Waals surface area contributed by atoms with Gasteiger partial charge in [0.2, 0.25) is 0 Å². The van der Waals surface area contributed by atoms with Crippen molar-refractivity contribution >= 4 is 22.4 Å². The first-order valence-corrected chi connectivity index (χ1v) is 12.1. The lowest BCUT2D eigenvalue weighted by Crippen LogP contribution is -2.15. The topological polar surface area (TPSA) is 58.9 Å². The molecule has 0 spiro atoms. The quantitative estimate of drug-likeness (QED) is 0.307. The summed E-state index contributed by atoms with van der Waals surface area (Å²) in [7, 11) is 0. The van der Waals surface area contributed by atoms with Crippen LogP contribution in [0.25, 0.3) is 10.8 Å². The zero-order chi connectivity index (χ0) is 24.2. The zero-order valence-corrected chi connectivity index (χ0v) is 20.0. The van der Waals surface area contributed by atoms with Crippen molar-refractivity contribution in [1.82, 2.24) is 0 Å². The predicted molar refractivity (Wildman–Crippen MR) is 139 cm³/mol. The lowest BCUT2D eigenvalue weighted by molar-refractivity contribution is 0.106. The standard InChI is InChI=1S/C30H27ClO4/c31-22-15-16-25-26(17-22)30(35-19-28(33)21-11-5-2-6-12-21)24-14-8-7-13-23(24)29(25)34-18-27(32)20-9-3-1-4-10-20/h1-15,27-28,32-33H,16-19H2. The molecule has 0 bridgehead atoms. The average Bonchev–Trinajstić information content (AvgIpc) is 2.91. The summed E-state index contributed by atoms with van der Waals surface area (Å²) in [4.78, 5) is 0. The maximum Gasteiger partial charge on any atom is 0.131 e. The van der Waals surface area contributed by atoms with Crippen molar-refractivity contribution in [1.29, 1.82) is 0 Å². The zero-order valence-electron chi connectivity index (χ0n) is 19.2. The Morgan fingerprint density at radius 2 is 1.11 bits per heavy atom. The van der Waals surface area contributed by atoms with E-state index in [-0.39, 0.29) is 13.2 Å².